The summed E-state index contributed by atoms with van der Waals surface area (Å²) in [5, 5.41) is 8.71. The van der Waals surface area contributed by atoms with E-state index in [1.807, 2.05) is 0 Å². The van der Waals surface area contributed by atoms with Crippen LogP contribution in [0.1, 0.15) is 0 Å². The summed E-state index contributed by atoms with van der Waals surface area (Å²) in [5.41, 5.74) is 0. The first kappa shape index (κ1) is 13.5. The third kappa shape index (κ3) is 2.43. The predicted molar refractivity (Wildman–Crippen MR) is 69.6 cm³/mol. The summed E-state index contributed by atoms with van der Waals surface area (Å²) in [7, 11) is -3.57. The molecule has 9 heteroatoms. The molecule has 0 aliphatic carbocycles. The van der Waals surface area contributed by atoms with Crippen LogP contribution in [0.2, 0.25) is 0 Å². The van der Waals surface area contributed by atoms with Gasteiger partial charge < -0.3 is 5.11 Å². The van der Waals surface area contributed by atoms with Gasteiger partial charge in [-0.1, -0.05) is 0 Å². The van der Waals surface area contributed by atoms with Crippen LogP contribution in [0.5, 0.6) is 0 Å². The molecule has 0 aromatic carbocycles. The van der Waals surface area contributed by atoms with Crippen molar-refractivity contribution in [3.05, 3.63) is 13.6 Å². The van der Waals surface area contributed by atoms with Crippen molar-refractivity contribution in [1.29, 1.82) is 0 Å². The molecule has 0 radical (unpaired) electrons. The monoisotopic (exact) mass is 403 g/mol. The van der Waals surface area contributed by atoms with Crippen molar-refractivity contribution in [3.8, 4) is 0 Å². The summed E-state index contributed by atoms with van der Waals surface area (Å²) >= 11 is 7.66. The Morgan fingerprint density at radius 3 is 2.47 bits per heavy atom. The second-order valence-corrected chi connectivity index (χ2v) is 9.20. The van der Waals surface area contributed by atoms with Crippen molar-refractivity contribution in [2.45, 2.75) is 4.90 Å². The normalized spacial score (nSPS) is 18.0. The van der Waals surface area contributed by atoms with Gasteiger partial charge in [0.05, 0.1) is 13.5 Å². The maximum absolute atomic E-state index is 12.1. The average molecular weight is 405 g/mol. The van der Waals surface area contributed by atoms with E-state index in [-0.39, 0.29) is 18.0 Å². The van der Waals surface area contributed by atoms with E-state index in [0.29, 0.717) is 7.57 Å². The number of hydrogen-bond donors (Lipinski definition) is 1. The Bertz CT molecular complexity index is 562. The summed E-state index contributed by atoms with van der Waals surface area (Å²) in [6, 6.07) is 1.51. The predicted octanol–water partition coefficient (Wildman–Crippen LogP) is 1.98. The molecule has 94 valence electrons. The first-order chi connectivity index (χ1) is 7.82. The highest BCUT2D eigenvalue weighted by molar-refractivity contribution is 9.12. The van der Waals surface area contributed by atoms with Crippen LogP contribution in [0.25, 0.3) is 0 Å². The van der Waals surface area contributed by atoms with E-state index < -0.39 is 21.9 Å². The lowest BCUT2D eigenvalue weighted by Crippen LogP contribution is -2.52. The van der Waals surface area contributed by atoms with Gasteiger partial charge in [-0.15, -0.1) is 11.3 Å². The number of halogens is 2. The van der Waals surface area contributed by atoms with Gasteiger partial charge in [-0.05, 0) is 37.9 Å². The average Bonchev–Trinajstić information content (AvgIpc) is 2.41. The van der Waals surface area contributed by atoms with E-state index in [4.69, 9.17) is 5.11 Å². The fraction of sp³-hybridized carbons (Fsp3) is 0.375. The van der Waals surface area contributed by atoms with Gasteiger partial charge in [-0.2, -0.15) is 4.31 Å². The topological polar surface area (TPSA) is 74.7 Å². The van der Waals surface area contributed by atoms with Crippen molar-refractivity contribution in [1.82, 2.24) is 4.31 Å². The molecule has 1 aromatic heterocycles. The van der Waals surface area contributed by atoms with Crippen LogP contribution >= 0.6 is 43.2 Å². The van der Waals surface area contributed by atoms with E-state index in [1.165, 1.54) is 21.7 Å². The maximum atomic E-state index is 12.1. The minimum absolute atomic E-state index is 0.0393. The number of nitrogens with zero attached hydrogens (tertiary/aromatic N) is 1. The molecule has 1 fully saturated rings. The largest absolute Gasteiger partial charge is 0.481 e. The molecule has 0 atom stereocenters. The zero-order valence-corrected chi connectivity index (χ0v) is 13.1. The highest BCUT2D eigenvalue weighted by atomic mass is 79.9. The molecule has 1 saturated heterocycles. The molecule has 2 heterocycles. The first-order valence-corrected chi connectivity index (χ1v) is 8.34. The van der Waals surface area contributed by atoms with Crippen molar-refractivity contribution in [2.24, 2.45) is 5.92 Å². The number of hydrogen-bond acceptors (Lipinski definition) is 4. The van der Waals surface area contributed by atoms with Crippen LogP contribution in [0, 0.1) is 5.92 Å². The number of carboxylic acid groups (broad SMARTS) is 1. The molecule has 1 aromatic rings. The SMILES string of the molecule is O=C(O)C1CN(S(=O)(=O)c2cc(Br)sc2Br)C1. The zero-order chi connectivity index (χ0) is 12.8. The molecule has 0 spiro atoms. The van der Waals surface area contributed by atoms with Gasteiger partial charge in [0.1, 0.15) is 4.90 Å². The summed E-state index contributed by atoms with van der Waals surface area (Å²) in [6.07, 6.45) is 0. The van der Waals surface area contributed by atoms with Gasteiger partial charge in [0.2, 0.25) is 10.0 Å². The summed E-state index contributed by atoms with van der Waals surface area (Å²) in [6.45, 7) is 0.0785. The molecule has 1 aliphatic rings. The summed E-state index contributed by atoms with van der Waals surface area (Å²) in [4.78, 5) is 10.8. The molecule has 0 saturated carbocycles. The highest BCUT2D eigenvalue weighted by Gasteiger charge is 2.41. The lowest BCUT2D eigenvalue weighted by Gasteiger charge is -2.35. The van der Waals surface area contributed by atoms with E-state index in [2.05, 4.69) is 31.9 Å². The van der Waals surface area contributed by atoms with Crippen LogP contribution < -0.4 is 0 Å². The van der Waals surface area contributed by atoms with Gasteiger partial charge >= 0.3 is 5.97 Å². The van der Waals surface area contributed by atoms with Gasteiger partial charge in [-0.3, -0.25) is 4.79 Å². The lowest BCUT2D eigenvalue weighted by atomic mass is 10.0. The number of aliphatic carboxylic acids is 1. The fourth-order valence-corrected chi connectivity index (χ4v) is 6.72. The van der Waals surface area contributed by atoms with Gasteiger partial charge in [0, 0.05) is 13.1 Å². The van der Waals surface area contributed by atoms with E-state index in [1.54, 1.807) is 0 Å². The molecule has 1 N–H and O–H groups in total. The second kappa shape index (κ2) is 4.61. The van der Waals surface area contributed by atoms with Gasteiger partial charge in [-0.25, -0.2) is 8.42 Å². The number of sulfonamides is 1. The van der Waals surface area contributed by atoms with Crippen LogP contribution in [0.4, 0.5) is 0 Å². The van der Waals surface area contributed by atoms with Crippen molar-refractivity contribution < 1.29 is 18.3 Å². The minimum Gasteiger partial charge on any atom is -0.481 e. The maximum Gasteiger partial charge on any atom is 0.309 e. The molecule has 0 unspecified atom stereocenters. The van der Waals surface area contributed by atoms with E-state index >= 15 is 0 Å². The van der Waals surface area contributed by atoms with Gasteiger partial charge in [0.15, 0.2) is 0 Å². The highest BCUT2D eigenvalue weighted by Crippen LogP contribution is 2.37. The molecule has 0 amide bonds. The zero-order valence-electron chi connectivity index (χ0n) is 8.26. The number of carbonyl (C=O) groups is 1. The summed E-state index contributed by atoms with van der Waals surface area (Å²) < 4.78 is 26.6. The van der Waals surface area contributed by atoms with E-state index in [9.17, 15) is 13.2 Å². The first-order valence-electron chi connectivity index (χ1n) is 4.50. The lowest BCUT2D eigenvalue weighted by molar-refractivity contribution is -0.145. The second-order valence-electron chi connectivity index (χ2n) is 3.55. The standard InChI is InChI=1S/C8H7Br2NO4S2/c9-6-1-5(7(10)16-6)17(14,15)11-2-4(3-11)8(12)13/h1,4H,2-3H2,(H,12,13). The molecule has 5 nitrogen and oxygen atoms in total. The number of rotatable bonds is 3. The Morgan fingerprint density at radius 1 is 1.47 bits per heavy atom. The van der Waals surface area contributed by atoms with E-state index in [0.717, 1.165) is 0 Å². The number of thiophene rings is 1. The van der Waals surface area contributed by atoms with Crippen molar-refractivity contribution >= 4 is 59.2 Å². The van der Waals surface area contributed by atoms with Crippen molar-refractivity contribution in [3.63, 3.8) is 0 Å². The number of carboxylic acids is 1. The minimum atomic E-state index is -3.57. The molecular weight excluding hydrogens is 398 g/mol. The Hall–Kier alpha value is 0.0400. The smallest absolute Gasteiger partial charge is 0.309 e. The molecule has 17 heavy (non-hydrogen) atoms. The molecule has 1 aliphatic heterocycles. The Kier molecular flexibility index (Phi) is 3.66. The Labute approximate surface area is 119 Å². The fourth-order valence-electron chi connectivity index (χ4n) is 1.43. The molecule has 2 rings (SSSR count). The van der Waals surface area contributed by atoms with Crippen LogP contribution in [-0.4, -0.2) is 36.9 Å². The van der Waals surface area contributed by atoms with Crippen LogP contribution in [0.3, 0.4) is 0 Å². The Balaban J connectivity index is 2.22. The van der Waals surface area contributed by atoms with Gasteiger partial charge in [0.25, 0.3) is 0 Å². The quantitative estimate of drug-likeness (QED) is 0.835. The third-order valence-electron chi connectivity index (χ3n) is 2.44. The summed E-state index contributed by atoms with van der Waals surface area (Å²) in [5.74, 6) is -1.55. The molecule has 0 bridgehead atoms. The van der Waals surface area contributed by atoms with Crippen LogP contribution in [-0.2, 0) is 14.8 Å². The van der Waals surface area contributed by atoms with Crippen LogP contribution in [0.15, 0.2) is 18.5 Å². The third-order valence-corrected chi connectivity index (χ3v) is 7.03. The Morgan fingerprint density at radius 2 is 2.06 bits per heavy atom. The molecular formula is C8H7Br2NO4S2. The van der Waals surface area contributed by atoms with Crippen molar-refractivity contribution in [2.75, 3.05) is 13.1 Å².